The number of ketones is 1. The van der Waals surface area contributed by atoms with E-state index >= 15 is 0 Å². The third kappa shape index (κ3) is 3.45. The Hall–Kier alpha value is -3.97. The number of ether oxygens (including phenoxy) is 1. The molecule has 0 spiro atoms. The number of methoxy groups -OCH3 is 1. The van der Waals surface area contributed by atoms with Crippen LogP contribution in [0.3, 0.4) is 0 Å². The SMILES string of the molecule is COc1ccccc1[C@H]1C(=C(O)c2ccccc2)C(=O)C(=O)N1c1nc2c(C)cc(C)cc2s1. The summed E-state index contributed by atoms with van der Waals surface area (Å²) in [6, 6.07) is 19.1. The topological polar surface area (TPSA) is 79.7 Å². The number of benzene rings is 3. The summed E-state index contributed by atoms with van der Waals surface area (Å²) in [5.41, 5.74) is 3.92. The van der Waals surface area contributed by atoms with Crippen molar-refractivity contribution in [3.8, 4) is 5.75 Å². The van der Waals surface area contributed by atoms with Crippen molar-refractivity contribution in [1.82, 2.24) is 4.98 Å². The van der Waals surface area contributed by atoms with Gasteiger partial charge in [0.25, 0.3) is 5.78 Å². The molecule has 34 heavy (non-hydrogen) atoms. The first kappa shape index (κ1) is 21.9. The highest BCUT2D eigenvalue weighted by atomic mass is 32.1. The number of para-hydroxylation sites is 1. The van der Waals surface area contributed by atoms with Gasteiger partial charge in [-0.25, -0.2) is 4.98 Å². The molecule has 1 aliphatic heterocycles. The molecule has 0 aliphatic carbocycles. The standard InChI is InChI=1S/C27H22N2O4S/c1-15-13-16(2)22-20(14-15)34-27(28-22)29-23(18-11-7-8-12-19(18)33-3)21(25(31)26(29)32)24(30)17-9-5-4-6-10-17/h4-14,23,30H,1-3H3/t23-/m0/s1. The zero-order chi connectivity index (χ0) is 24.0. The smallest absolute Gasteiger partial charge is 0.301 e. The van der Waals surface area contributed by atoms with Gasteiger partial charge < -0.3 is 9.84 Å². The number of aliphatic hydroxyl groups excluding tert-OH is 1. The van der Waals surface area contributed by atoms with Crippen molar-refractivity contribution in [3.05, 3.63) is 94.6 Å². The molecule has 7 heteroatoms. The Morgan fingerprint density at radius 1 is 1.03 bits per heavy atom. The molecular weight excluding hydrogens is 448 g/mol. The van der Waals surface area contributed by atoms with Gasteiger partial charge in [0.2, 0.25) is 0 Å². The van der Waals surface area contributed by atoms with E-state index in [2.05, 4.69) is 0 Å². The van der Waals surface area contributed by atoms with Crippen LogP contribution in [0.2, 0.25) is 0 Å². The minimum absolute atomic E-state index is 0.00728. The fourth-order valence-electron chi connectivity index (χ4n) is 4.43. The van der Waals surface area contributed by atoms with Crippen LogP contribution in [0.15, 0.2) is 72.3 Å². The number of thiazole rings is 1. The fraction of sp³-hybridized carbons (Fsp3) is 0.148. The molecule has 4 aromatic rings. The minimum Gasteiger partial charge on any atom is -0.507 e. The average Bonchev–Trinajstić information content (AvgIpc) is 3.37. The van der Waals surface area contributed by atoms with E-state index in [1.54, 1.807) is 36.4 Å². The summed E-state index contributed by atoms with van der Waals surface area (Å²) in [4.78, 5) is 32.9. The number of hydrogen-bond donors (Lipinski definition) is 1. The van der Waals surface area contributed by atoms with Crippen LogP contribution in [0.5, 0.6) is 5.75 Å². The van der Waals surface area contributed by atoms with E-state index in [1.165, 1.54) is 23.3 Å². The molecule has 1 saturated heterocycles. The van der Waals surface area contributed by atoms with E-state index in [0.717, 1.165) is 21.3 Å². The van der Waals surface area contributed by atoms with Crippen molar-refractivity contribution in [1.29, 1.82) is 0 Å². The number of aryl methyl sites for hydroxylation is 2. The average molecular weight is 471 g/mol. The highest BCUT2D eigenvalue weighted by molar-refractivity contribution is 7.22. The van der Waals surface area contributed by atoms with Gasteiger partial charge in [-0.2, -0.15) is 0 Å². The van der Waals surface area contributed by atoms with Gasteiger partial charge in [0, 0.05) is 11.1 Å². The van der Waals surface area contributed by atoms with Crippen molar-refractivity contribution in [3.63, 3.8) is 0 Å². The lowest BCUT2D eigenvalue weighted by atomic mass is 9.95. The summed E-state index contributed by atoms with van der Waals surface area (Å²) >= 11 is 1.35. The Morgan fingerprint density at radius 2 is 1.74 bits per heavy atom. The van der Waals surface area contributed by atoms with E-state index in [9.17, 15) is 14.7 Å². The molecule has 1 amide bonds. The Morgan fingerprint density at radius 3 is 2.47 bits per heavy atom. The lowest BCUT2D eigenvalue weighted by Crippen LogP contribution is -2.29. The van der Waals surface area contributed by atoms with Crippen LogP contribution in [0.25, 0.3) is 16.0 Å². The second kappa shape index (κ2) is 8.43. The molecule has 1 aromatic heterocycles. The third-order valence-corrected chi connectivity index (χ3v) is 6.95. The summed E-state index contributed by atoms with van der Waals surface area (Å²) in [7, 11) is 1.53. The first-order valence-corrected chi connectivity index (χ1v) is 11.6. The summed E-state index contributed by atoms with van der Waals surface area (Å²) in [5.74, 6) is -1.22. The Bertz CT molecular complexity index is 1470. The number of hydrogen-bond acceptors (Lipinski definition) is 6. The molecule has 0 bridgehead atoms. The van der Waals surface area contributed by atoms with Gasteiger partial charge in [-0.05, 0) is 37.1 Å². The number of anilines is 1. The molecule has 1 atom stereocenters. The van der Waals surface area contributed by atoms with E-state index in [4.69, 9.17) is 9.72 Å². The number of aliphatic hydroxyl groups is 1. The van der Waals surface area contributed by atoms with Gasteiger partial charge in [-0.3, -0.25) is 14.5 Å². The fourth-order valence-corrected chi connectivity index (χ4v) is 5.60. The van der Waals surface area contributed by atoms with E-state index in [0.29, 0.717) is 22.0 Å². The number of Topliss-reactive ketones (excluding diaryl/α,β-unsaturated/α-hetero) is 1. The summed E-state index contributed by atoms with van der Waals surface area (Å²) in [5, 5.41) is 11.6. The molecular formula is C27H22N2O4S. The summed E-state index contributed by atoms with van der Waals surface area (Å²) in [6.07, 6.45) is 0. The van der Waals surface area contributed by atoms with Crippen molar-refractivity contribution < 1.29 is 19.4 Å². The largest absolute Gasteiger partial charge is 0.507 e. The Kier molecular flexibility index (Phi) is 5.42. The number of fused-ring (bicyclic) bond motifs is 1. The predicted octanol–water partition coefficient (Wildman–Crippen LogP) is 5.55. The molecule has 0 radical (unpaired) electrons. The first-order chi connectivity index (χ1) is 16.4. The molecule has 3 aromatic carbocycles. The Balaban J connectivity index is 1.78. The van der Waals surface area contributed by atoms with Gasteiger partial charge in [0.1, 0.15) is 17.6 Å². The maximum Gasteiger partial charge on any atom is 0.301 e. The van der Waals surface area contributed by atoms with E-state index in [-0.39, 0.29) is 11.3 Å². The number of aromatic nitrogens is 1. The lowest BCUT2D eigenvalue weighted by molar-refractivity contribution is -0.132. The zero-order valence-corrected chi connectivity index (χ0v) is 19.7. The van der Waals surface area contributed by atoms with Gasteiger partial charge in [0.05, 0.1) is 22.9 Å². The van der Waals surface area contributed by atoms with Gasteiger partial charge in [-0.1, -0.05) is 65.9 Å². The second-order valence-electron chi connectivity index (χ2n) is 8.20. The quantitative estimate of drug-likeness (QED) is 0.240. The third-order valence-electron chi connectivity index (χ3n) is 5.95. The number of carbonyl (C=O) groups excluding carboxylic acids is 2. The zero-order valence-electron chi connectivity index (χ0n) is 18.9. The van der Waals surface area contributed by atoms with Crippen LogP contribution in [-0.2, 0) is 9.59 Å². The molecule has 1 fully saturated rings. The van der Waals surface area contributed by atoms with Crippen molar-refractivity contribution in [2.24, 2.45) is 0 Å². The van der Waals surface area contributed by atoms with Crippen molar-refractivity contribution in [2.75, 3.05) is 12.0 Å². The minimum atomic E-state index is -0.890. The number of amides is 1. The number of nitrogens with zero attached hydrogens (tertiary/aromatic N) is 2. The highest BCUT2D eigenvalue weighted by Crippen LogP contribution is 2.46. The first-order valence-electron chi connectivity index (χ1n) is 10.8. The van der Waals surface area contributed by atoms with E-state index < -0.39 is 17.7 Å². The summed E-state index contributed by atoms with van der Waals surface area (Å²) < 4.78 is 6.50. The molecule has 0 unspecified atom stereocenters. The van der Waals surface area contributed by atoms with Crippen molar-refractivity contribution >= 4 is 44.1 Å². The molecule has 1 N–H and O–H groups in total. The van der Waals surface area contributed by atoms with Crippen LogP contribution >= 0.6 is 11.3 Å². The number of rotatable bonds is 4. The van der Waals surface area contributed by atoms with Gasteiger partial charge >= 0.3 is 5.91 Å². The van der Waals surface area contributed by atoms with Gasteiger partial charge in [0.15, 0.2) is 5.13 Å². The lowest BCUT2D eigenvalue weighted by Gasteiger charge is -2.24. The molecule has 6 nitrogen and oxygen atoms in total. The highest BCUT2D eigenvalue weighted by Gasteiger charge is 2.49. The molecule has 1 aliphatic rings. The van der Waals surface area contributed by atoms with Crippen LogP contribution in [0.4, 0.5) is 5.13 Å². The van der Waals surface area contributed by atoms with E-state index in [1.807, 2.05) is 44.2 Å². The van der Waals surface area contributed by atoms with Crippen LogP contribution in [0, 0.1) is 13.8 Å². The monoisotopic (exact) mass is 470 g/mol. The molecule has 2 heterocycles. The molecule has 170 valence electrons. The van der Waals surface area contributed by atoms with Crippen LogP contribution in [-0.4, -0.2) is 28.9 Å². The normalized spacial score (nSPS) is 17.5. The predicted molar refractivity (Wildman–Crippen MR) is 133 cm³/mol. The molecule has 5 rings (SSSR count). The molecule has 0 saturated carbocycles. The Labute approximate surface area is 200 Å². The van der Waals surface area contributed by atoms with Gasteiger partial charge in [-0.15, -0.1) is 0 Å². The summed E-state index contributed by atoms with van der Waals surface area (Å²) in [6.45, 7) is 3.98. The maximum atomic E-state index is 13.4. The number of carbonyl (C=O) groups is 2. The van der Waals surface area contributed by atoms with Crippen LogP contribution < -0.4 is 9.64 Å². The van der Waals surface area contributed by atoms with Crippen LogP contribution in [0.1, 0.15) is 28.3 Å². The van der Waals surface area contributed by atoms with Crippen molar-refractivity contribution in [2.45, 2.75) is 19.9 Å². The maximum absolute atomic E-state index is 13.4. The second-order valence-corrected chi connectivity index (χ2v) is 9.21.